The van der Waals surface area contributed by atoms with E-state index in [-0.39, 0.29) is 12.1 Å². The van der Waals surface area contributed by atoms with Crippen LogP contribution >= 0.6 is 15.9 Å². The van der Waals surface area contributed by atoms with Gasteiger partial charge in [-0.15, -0.1) is 0 Å². The minimum Gasteiger partial charge on any atom is -0.444 e. The van der Waals surface area contributed by atoms with Crippen LogP contribution in [0.2, 0.25) is 0 Å². The lowest BCUT2D eigenvalue weighted by Gasteiger charge is -2.22. The molecular formula is C17H25BrN2O2. The molecule has 0 aromatic heterocycles. The van der Waals surface area contributed by atoms with Crippen LogP contribution in [0, 0.1) is 0 Å². The largest absolute Gasteiger partial charge is 0.444 e. The SMILES string of the molecule is CC(C)(C)OC(=O)N[C@@H]1CCN(CCc2ccc(Br)cc2)C1. The Labute approximate surface area is 141 Å². The Kier molecular flexibility index (Phi) is 5.87. The maximum Gasteiger partial charge on any atom is 0.407 e. The lowest BCUT2D eigenvalue weighted by molar-refractivity contribution is 0.0506. The van der Waals surface area contributed by atoms with E-state index in [1.54, 1.807) is 0 Å². The van der Waals surface area contributed by atoms with E-state index in [0.29, 0.717) is 0 Å². The molecule has 1 aromatic rings. The van der Waals surface area contributed by atoms with Gasteiger partial charge in [0.2, 0.25) is 0 Å². The molecule has 1 amide bonds. The number of benzene rings is 1. The molecule has 5 heteroatoms. The third kappa shape index (κ3) is 5.97. The van der Waals surface area contributed by atoms with Crippen LogP contribution in [-0.2, 0) is 11.2 Å². The van der Waals surface area contributed by atoms with E-state index in [1.165, 1.54) is 5.56 Å². The van der Waals surface area contributed by atoms with E-state index in [4.69, 9.17) is 4.74 Å². The van der Waals surface area contributed by atoms with Crippen LogP contribution in [0.15, 0.2) is 28.7 Å². The average molecular weight is 369 g/mol. The molecule has 1 saturated heterocycles. The van der Waals surface area contributed by atoms with Gasteiger partial charge in [0.1, 0.15) is 5.60 Å². The van der Waals surface area contributed by atoms with Gasteiger partial charge in [-0.2, -0.15) is 0 Å². The Morgan fingerprint density at radius 1 is 1.36 bits per heavy atom. The summed E-state index contributed by atoms with van der Waals surface area (Å²) in [7, 11) is 0. The van der Waals surface area contributed by atoms with Crippen molar-refractivity contribution in [3.63, 3.8) is 0 Å². The minimum atomic E-state index is -0.441. The minimum absolute atomic E-state index is 0.194. The number of halogens is 1. The molecule has 1 heterocycles. The zero-order valence-electron chi connectivity index (χ0n) is 13.6. The maximum absolute atomic E-state index is 11.8. The number of carbonyl (C=O) groups is 1. The van der Waals surface area contributed by atoms with Gasteiger partial charge < -0.3 is 15.0 Å². The van der Waals surface area contributed by atoms with Gasteiger partial charge in [-0.25, -0.2) is 4.79 Å². The number of carbonyl (C=O) groups excluding carboxylic acids is 1. The lowest BCUT2D eigenvalue weighted by Crippen LogP contribution is -2.40. The molecule has 0 radical (unpaired) electrons. The molecule has 1 atom stereocenters. The molecule has 0 saturated carbocycles. The van der Waals surface area contributed by atoms with Gasteiger partial charge in [0.25, 0.3) is 0 Å². The van der Waals surface area contributed by atoms with Crippen LogP contribution in [0.25, 0.3) is 0 Å². The first-order valence-corrected chi connectivity index (χ1v) is 8.57. The zero-order chi connectivity index (χ0) is 16.2. The fourth-order valence-electron chi connectivity index (χ4n) is 2.57. The second kappa shape index (κ2) is 7.47. The second-order valence-corrected chi connectivity index (χ2v) is 7.72. The van der Waals surface area contributed by atoms with E-state index in [2.05, 4.69) is 50.4 Å². The van der Waals surface area contributed by atoms with Crippen LogP contribution in [0.4, 0.5) is 4.79 Å². The Morgan fingerprint density at radius 3 is 2.68 bits per heavy atom. The number of likely N-dealkylation sites (tertiary alicyclic amines) is 1. The molecule has 2 rings (SSSR count). The van der Waals surface area contributed by atoms with E-state index >= 15 is 0 Å². The molecule has 0 spiro atoms. The highest BCUT2D eigenvalue weighted by Gasteiger charge is 2.25. The smallest absolute Gasteiger partial charge is 0.407 e. The fraction of sp³-hybridized carbons (Fsp3) is 0.588. The summed E-state index contributed by atoms with van der Waals surface area (Å²) in [4.78, 5) is 14.2. The Bertz CT molecular complexity index is 496. The summed E-state index contributed by atoms with van der Waals surface area (Å²) >= 11 is 3.45. The van der Waals surface area contributed by atoms with Gasteiger partial charge in [-0.05, 0) is 51.3 Å². The molecule has 1 aliphatic rings. The van der Waals surface area contributed by atoms with Crippen molar-refractivity contribution in [1.29, 1.82) is 0 Å². The first kappa shape index (κ1) is 17.3. The molecule has 1 aromatic carbocycles. The molecule has 122 valence electrons. The zero-order valence-corrected chi connectivity index (χ0v) is 15.1. The summed E-state index contributed by atoms with van der Waals surface area (Å²) in [6.07, 6.45) is 1.71. The van der Waals surface area contributed by atoms with Gasteiger partial charge in [0, 0.05) is 30.1 Å². The number of nitrogens with zero attached hydrogens (tertiary/aromatic N) is 1. The number of hydrogen-bond donors (Lipinski definition) is 1. The second-order valence-electron chi connectivity index (χ2n) is 6.81. The van der Waals surface area contributed by atoms with Crippen molar-refractivity contribution in [2.75, 3.05) is 19.6 Å². The van der Waals surface area contributed by atoms with Gasteiger partial charge in [-0.3, -0.25) is 0 Å². The monoisotopic (exact) mass is 368 g/mol. The number of rotatable bonds is 4. The summed E-state index contributed by atoms with van der Waals surface area (Å²) in [5, 5.41) is 2.96. The van der Waals surface area contributed by atoms with Crippen molar-refractivity contribution < 1.29 is 9.53 Å². The summed E-state index contributed by atoms with van der Waals surface area (Å²) < 4.78 is 6.41. The van der Waals surface area contributed by atoms with Crippen LogP contribution in [0.3, 0.4) is 0 Å². The van der Waals surface area contributed by atoms with Crippen LogP contribution < -0.4 is 5.32 Å². The van der Waals surface area contributed by atoms with Crippen molar-refractivity contribution >= 4 is 22.0 Å². The van der Waals surface area contributed by atoms with E-state index in [1.807, 2.05) is 20.8 Å². The van der Waals surface area contributed by atoms with Crippen molar-refractivity contribution in [2.24, 2.45) is 0 Å². The number of hydrogen-bond acceptors (Lipinski definition) is 3. The topological polar surface area (TPSA) is 41.6 Å². The fourth-order valence-corrected chi connectivity index (χ4v) is 2.83. The molecule has 0 bridgehead atoms. The van der Waals surface area contributed by atoms with E-state index in [9.17, 15) is 4.79 Å². The molecule has 22 heavy (non-hydrogen) atoms. The highest BCUT2D eigenvalue weighted by molar-refractivity contribution is 9.10. The van der Waals surface area contributed by atoms with Crippen LogP contribution in [0.1, 0.15) is 32.8 Å². The van der Waals surface area contributed by atoms with E-state index < -0.39 is 5.60 Å². The molecule has 1 fully saturated rings. The average Bonchev–Trinajstić information content (AvgIpc) is 2.83. The summed E-state index contributed by atoms with van der Waals surface area (Å²) in [5.41, 5.74) is 0.899. The molecule has 0 unspecified atom stereocenters. The van der Waals surface area contributed by atoms with Crippen LogP contribution in [-0.4, -0.2) is 42.3 Å². The van der Waals surface area contributed by atoms with Crippen molar-refractivity contribution in [2.45, 2.75) is 45.3 Å². The highest BCUT2D eigenvalue weighted by Crippen LogP contribution is 2.14. The first-order chi connectivity index (χ1) is 10.3. The number of nitrogens with one attached hydrogen (secondary N) is 1. The third-order valence-corrected chi connectivity index (χ3v) is 4.15. The molecule has 1 aliphatic heterocycles. The van der Waals surface area contributed by atoms with Gasteiger partial charge in [0.15, 0.2) is 0 Å². The van der Waals surface area contributed by atoms with Gasteiger partial charge in [0.05, 0.1) is 0 Å². The molecular weight excluding hydrogens is 344 g/mol. The number of amides is 1. The van der Waals surface area contributed by atoms with Crippen molar-refractivity contribution in [3.05, 3.63) is 34.3 Å². The Balaban J connectivity index is 1.71. The Hall–Kier alpha value is -1.07. The number of ether oxygens (including phenoxy) is 1. The maximum atomic E-state index is 11.8. The van der Waals surface area contributed by atoms with E-state index in [0.717, 1.165) is 36.9 Å². The van der Waals surface area contributed by atoms with Crippen LogP contribution in [0.5, 0.6) is 0 Å². The van der Waals surface area contributed by atoms with Crippen molar-refractivity contribution in [3.8, 4) is 0 Å². The van der Waals surface area contributed by atoms with Crippen molar-refractivity contribution in [1.82, 2.24) is 10.2 Å². The molecule has 0 aliphatic carbocycles. The van der Waals surface area contributed by atoms with Gasteiger partial charge in [-0.1, -0.05) is 28.1 Å². The number of alkyl carbamates (subject to hydrolysis) is 1. The predicted octanol–water partition coefficient (Wildman–Crippen LogP) is 3.59. The summed E-state index contributed by atoms with van der Waals surface area (Å²) in [6, 6.07) is 8.64. The Morgan fingerprint density at radius 2 is 2.05 bits per heavy atom. The molecule has 4 nitrogen and oxygen atoms in total. The third-order valence-electron chi connectivity index (χ3n) is 3.62. The standard InChI is InChI=1S/C17H25BrN2O2/c1-17(2,3)22-16(21)19-15-9-11-20(12-15)10-8-13-4-6-14(18)7-5-13/h4-7,15H,8-12H2,1-3H3,(H,19,21)/t15-/m1/s1. The summed E-state index contributed by atoms with van der Waals surface area (Å²) in [6.45, 7) is 8.59. The normalized spacial score (nSPS) is 19.2. The first-order valence-electron chi connectivity index (χ1n) is 7.78. The lowest BCUT2D eigenvalue weighted by atomic mass is 10.1. The highest BCUT2D eigenvalue weighted by atomic mass is 79.9. The summed E-state index contributed by atoms with van der Waals surface area (Å²) in [5.74, 6) is 0. The quantitative estimate of drug-likeness (QED) is 0.882. The van der Waals surface area contributed by atoms with Gasteiger partial charge >= 0.3 is 6.09 Å². The molecule has 1 N–H and O–H groups in total. The predicted molar refractivity (Wildman–Crippen MR) is 92.1 cm³/mol.